The highest BCUT2D eigenvalue weighted by Gasteiger charge is 2.19. The number of aromatic hydroxyl groups is 1. The maximum absolute atomic E-state index is 12.1. The maximum Gasteiger partial charge on any atom is 0.342 e. The lowest BCUT2D eigenvalue weighted by atomic mass is 10.0. The summed E-state index contributed by atoms with van der Waals surface area (Å²) in [7, 11) is 1.48. The third-order valence-corrected chi connectivity index (χ3v) is 3.35. The van der Waals surface area contributed by atoms with Crippen LogP contribution in [0, 0.1) is 0 Å². The first kappa shape index (κ1) is 15.1. The monoisotopic (exact) mass is 290 g/mol. The fraction of sp³-hybridized carbons (Fsp3) is 0.375. The molecule has 0 heterocycles. The molecule has 0 spiro atoms. The van der Waals surface area contributed by atoms with Crippen molar-refractivity contribution >= 4 is 11.8 Å². The van der Waals surface area contributed by atoms with Gasteiger partial charge in [-0.3, -0.25) is 4.79 Å². The largest absolute Gasteiger partial charge is 0.507 e. The lowest BCUT2D eigenvalue weighted by Crippen LogP contribution is -2.19. The molecule has 0 radical (unpaired) electrons. The molecule has 0 amide bonds. The highest BCUT2D eigenvalue weighted by atomic mass is 16.5. The van der Waals surface area contributed by atoms with Crippen LogP contribution < -0.4 is 4.74 Å². The molecule has 1 aliphatic carbocycles. The number of benzene rings is 1. The molecule has 0 saturated carbocycles. The highest BCUT2D eigenvalue weighted by molar-refractivity contribution is 5.93. The summed E-state index contributed by atoms with van der Waals surface area (Å²) in [5.41, 5.74) is 0.109. The summed E-state index contributed by atoms with van der Waals surface area (Å²) in [4.78, 5) is 23.3. The Hall–Kier alpha value is -2.30. The number of allylic oxidation sites excluding steroid dienone is 1. The molecule has 0 fully saturated rings. The fourth-order valence-electron chi connectivity index (χ4n) is 2.19. The van der Waals surface area contributed by atoms with Crippen LogP contribution in [0.1, 0.15) is 36.0 Å². The van der Waals surface area contributed by atoms with Crippen molar-refractivity contribution in [3.8, 4) is 11.5 Å². The van der Waals surface area contributed by atoms with Crippen molar-refractivity contribution in [2.75, 3.05) is 7.11 Å². The molecule has 1 aromatic carbocycles. The molecule has 21 heavy (non-hydrogen) atoms. The smallest absolute Gasteiger partial charge is 0.342 e. The molecule has 1 unspecified atom stereocenters. The van der Waals surface area contributed by atoms with Gasteiger partial charge in [-0.2, -0.15) is 0 Å². The van der Waals surface area contributed by atoms with Crippen molar-refractivity contribution in [2.45, 2.75) is 31.8 Å². The van der Waals surface area contributed by atoms with E-state index in [9.17, 15) is 14.7 Å². The van der Waals surface area contributed by atoms with Gasteiger partial charge in [-0.25, -0.2) is 4.79 Å². The van der Waals surface area contributed by atoms with Gasteiger partial charge in [0.25, 0.3) is 0 Å². The first-order chi connectivity index (χ1) is 10.1. The van der Waals surface area contributed by atoms with E-state index in [4.69, 9.17) is 9.47 Å². The average molecular weight is 290 g/mol. The zero-order valence-corrected chi connectivity index (χ0v) is 11.9. The van der Waals surface area contributed by atoms with Gasteiger partial charge < -0.3 is 14.6 Å². The summed E-state index contributed by atoms with van der Waals surface area (Å²) in [5, 5.41) is 9.82. The summed E-state index contributed by atoms with van der Waals surface area (Å²) >= 11 is 0. The third kappa shape index (κ3) is 4.08. The van der Waals surface area contributed by atoms with Gasteiger partial charge in [0.15, 0.2) is 5.78 Å². The van der Waals surface area contributed by atoms with Gasteiger partial charge >= 0.3 is 5.97 Å². The summed E-state index contributed by atoms with van der Waals surface area (Å²) in [6, 6.07) is 4.43. The van der Waals surface area contributed by atoms with Crippen LogP contribution in [-0.4, -0.2) is 30.1 Å². The van der Waals surface area contributed by atoms with E-state index in [0.717, 1.165) is 0 Å². The molecular formula is C16H18O5. The number of ketones is 1. The Labute approximate surface area is 123 Å². The number of methoxy groups -OCH3 is 1. The van der Waals surface area contributed by atoms with Crippen LogP contribution in [0.25, 0.3) is 0 Å². The van der Waals surface area contributed by atoms with Crippen molar-refractivity contribution in [1.82, 2.24) is 0 Å². The van der Waals surface area contributed by atoms with Crippen molar-refractivity contribution in [2.24, 2.45) is 0 Å². The standard InChI is InChI=1S/C16H18O5/c1-20-13-8-9-14(15(18)10-13)16(19)21-12-6-2-4-11(17)5-3-7-12/h2,4,8-10,12,18H,3,5-7H2,1H3/b4-2-. The lowest BCUT2D eigenvalue weighted by Gasteiger charge is -2.18. The number of carbonyl (C=O) groups is 2. The molecule has 1 atom stereocenters. The van der Waals surface area contributed by atoms with Gasteiger partial charge in [0.2, 0.25) is 0 Å². The van der Waals surface area contributed by atoms with Crippen LogP contribution in [0.15, 0.2) is 30.4 Å². The second-order valence-corrected chi connectivity index (χ2v) is 4.91. The van der Waals surface area contributed by atoms with E-state index in [1.54, 1.807) is 12.1 Å². The van der Waals surface area contributed by atoms with Gasteiger partial charge in [0.1, 0.15) is 23.2 Å². The summed E-state index contributed by atoms with van der Waals surface area (Å²) in [6.45, 7) is 0. The number of phenols is 1. The molecule has 112 valence electrons. The van der Waals surface area contributed by atoms with E-state index < -0.39 is 5.97 Å². The van der Waals surface area contributed by atoms with Gasteiger partial charge in [-0.1, -0.05) is 6.08 Å². The number of hydrogen-bond donors (Lipinski definition) is 1. The molecule has 0 aliphatic heterocycles. The van der Waals surface area contributed by atoms with E-state index in [-0.39, 0.29) is 23.2 Å². The molecule has 0 aromatic heterocycles. The van der Waals surface area contributed by atoms with Gasteiger partial charge in [0.05, 0.1) is 7.11 Å². The summed E-state index contributed by atoms with van der Waals surface area (Å²) in [5.74, 6) is -0.166. The molecule has 0 saturated heterocycles. The zero-order chi connectivity index (χ0) is 15.2. The number of carbonyl (C=O) groups excluding carboxylic acids is 2. The van der Waals surface area contributed by atoms with E-state index in [0.29, 0.717) is 31.4 Å². The first-order valence-corrected chi connectivity index (χ1v) is 6.87. The number of esters is 1. The predicted octanol–water partition coefficient (Wildman–Crippen LogP) is 2.63. The fourth-order valence-corrected chi connectivity index (χ4v) is 2.19. The molecule has 5 nitrogen and oxygen atoms in total. The van der Waals surface area contributed by atoms with Crippen molar-refractivity contribution in [1.29, 1.82) is 0 Å². The topological polar surface area (TPSA) is 72.8 Å². The Balaban J connectivity index is 2.03. The molecular weight excluding hydrogens is 272 g/mol. The van der Waals surface area contributed by atoms with Crippen LogP contribution in [0.5, 0.6) is 11.5 Å². The quantitative estimate of drug-likeness (QED) is 0.866. The van der Waals surface area contributed by atoms with Crippen molar-refractivity contribution < 1.29 is 24.2 Å². The summed E-state index contributed by atoms with van der Waals surface area (Å²) in [6.07, 6.45) is 5.29. The molecule has 1 N–H and O–H groups in total. The normalized spacial score (nSPS) is 20.2. The second kappa shape index (κ2) is 6.92. The maximum atomic E-state index is 12.1. The van der Waals surface area contributed by atoms with Gasteiger partial charge in [-0.15, -0.1) is 0 Å². The Morgan fingerprint density at radius 3 is 2.90 bits per heavy atom. The number of ether oxygens (including phenoxy) is 2. The SMILES string of the molecule is COc1ccc(C(=O)OC2C/C=C\C(=O)CCC2)c(O)c1. The minimum atomic E-state index is -0.569. The predicted molar refractivity (Wildman–Crippen MR) is 76.5 cm³/mol. The number of phenolic OH excluding ortho intramolecular Hbond substituents is 1. The Morgan fingerprint density at radius 1 is 1.38 bits per heavy atom. The van der Waals surface area contributed by atoms with Gasteiger partial charge in [-0.05, 0) is 31.1 Å². The Bertz CT molecular complexity index is 562. The van der Waals surface area contributed by atoms with Crippen LogP contribution >= 0.6 is 0 Å². The van der Waals surface area contributed by atoms with Crippen molar-refractivity contribution in [3.05, 3.63) is 35.9 Å². The van der Waals surface area contributed by atoms with Crippen LogP contribution in [-0.2, 0) is 9.53 Å². The van der Waals surface area contributed by atoms with E-state index in [2.05, 4.69) is 0 Å². The van der Waals surface area contributed by atoms with E-state index in [1.165, 1.54) is 25.3 Å². The third-order valence-electron chi connectivity index (χ3n) is 3.35. The van der Waals surface area contributed by atoms with Crippen LogP contribution in [0.3, 0.4) is 0 Å². The molecule has 1 aromatic rings. The zero-order valence-electron chi connectivity index (χ0n) is 11.9. The Kier molecular flexibility index (Phi) is 4.98. The van der Waals surface area contributed by atoms with Crippen molar-refractivity contribution in [3.63, 3.8) is 0 Å². The number of hydrogen-bond acceptors (Lipinski definition) is 5. The minimum Gasteiger partial charge on any atom is -0.507 e. The number of rotatable bonds is 3. The second-order valence-electron chi connectivity index (χ2n) is 4.91. The summed E-state index contributed by atoms with van der Waals surface area (Å²) < 4.78 is 10.4. The van der Waals surface area contributed by atoms with E-state index >= 15 is 0 Å². The molecule has 5 heteroatoms. The van der Waals surface area contributed by atoms with Gasteiger partial charge in [0, 0.05) is 18.9 Å². The Morgan fingerprint density at radius 2 is 2.19 bits per heavy atom. The molecule has 2 rings (SSSR count). The van der Waals surface area contributed by atoms with Crippen LogP contribution in [0.4, 0.5) is 0 Å². The lowest BCUT2D eigenvalue weighted by molar-refractivity contribution is -0.114. The first-order valence-electron chi connectivity index (χ1n) is 6.87. The average Bonchev–Trinajstić information content (AvgIpc) is 2.44. The highest BCUT2D eigenvalue weighted by Crippen LogP contribution is 2.25. The molecule has 1 aliphatic rings. The van der Waals surface area contributed by atoms with E-state index in [1.807, 2.05) is 0 Å². The molecule has 0 bridgehead atoms. The minimum absolute atomic E-state index is 0.104. The van der Waals surface area contributed by atoms with Crippen LogP contribution in [0.2, 0.25) is 0 Å².